The fraction of sp³-hybridized carbons (Fsp3) is 0. The van der Waals surface area contributed by atoms with Crippen LogP contribution in [0.1, 0.15) is 0 Å². The molecule has 0 aliphatic heterocycles. The fourth-order valence-electron chi connectivity index (χ4n) is 8.28. The van der Waals surface area contributed by atoms with Crippen molar-refractivity contribution in [3.8, 4) is 50.2 Å². The van der Waals surface area contributed by atoms with Crippen LogP contribution in [0, 0.1) is 0 Å². The molecule has 1 heterocycles. The maximum atomic E-state index is 2.40. The molecule has 0 atom stereocenters. The van der Waals surface area contributed by atoms with Crippen molar-refractivity contribution in [2.24, 2.45) is 0 Å². The second-order valence-electron chi connectivity index (χ2n) is 14.1. The molecule has 0 N–H and O–H groups in total. The normalized spacial score (nSPS) is 11.2. The fourth-order valence-corrected chi connectivity index (χ4v) is 8.28. The van der Waals surface area contributed by atoms with Crippen LogP contribution < -0.4 is 4.90 Å². The SMILES string of the molecule is c1ccc(-c2ccccc2-c2ccc(N(c3ccccc3)c3ccc4c5ccccc5n(-c5ccccc5)c4c3)cc2-c2ccccc2-c2ccccc2)cc1. The number of fused-ring (bicyclic) bond motifs is 3. The summed E-state index contributed by atoms with van der Waals surface area (Å²) in [6.07, 6.45) is 0. The van der Waals surface area contributed by atoms with Gasteiger partial charge in [-0.3, -0.25) is 0 Å². The first-order valence-corrected chi connectivity index (χ1v) is 19.2. The van der Waals surface area contributed by atoms with Gasteiger partial charge in [0.2, 0.25) is 0 Å². The number of benzene rings is 9. The zero-order valence-electron chi connectivity index (χ0n) is 30.8. The van der Waals surface area contributed by atoms with Gasteiger partial charge < -0.3 is 9.47 Å². The van der Waals surface area contributed by atoms with E-state index in [9.17, 15) is 0 Å². The third kappa shape index (κ3) is 5.95. The maximum absolute atomic E-state index is 2.40. The molecule has 0 radical (unpaired) electrons. The van der Waals surface area contributed by atoms with Crippen LogP contribution in [-0.4, -0.2) is 4.57 Å². The third-order valence-electron chi connectivity index (χ3n) is 10.8. The Hall–Kier alpha value is -7.42. The Kier molecular flexibility index (Phi) is 8.55. The summed E-state index contributed by atoms with van der Waals surface area (Å²) in [6, 6.07) is 83.1. The van der Waals surface area contributed by atoms with Gasteiger partial charge in [-0.05, 0) is 99.1 Å². The number of para-hydroxylation sites is 3. The lowest BCUT2D eigenvalue weighted by Gasteiger charge is -2.27. The minimum atomic E-state index is 1.08. The predicted molar refractivity (Wildman–Crippen MR) is 237 cm³/mol. The predicted octanol–water partition coefficient (Wildman–Crippen LogP) is 14.9. The Balaban J connectivity index is 1.23. The van der Waals surface area contributed by atoms with Gasteiger partial charge in [0.15, 0.2) is 0 Å². The van der Waals surface area contributed by atoms with Crippen LogP contribution in [0.5, 0.6) is 0 Å². The molecule has 0 aliphatic rings. The molecule has 0 fully saturated rings. The van der Waals surface area contributed by atoms with Gasteiger partial charge in [0.05, 0.1) is 11.0 Å². The molecule has 56 heavy (non-hydrogen) atoms. The topological polar surface area (TPSA) is 8.17 Å². The molecule has 1 aromatic heterocycles. The van der Waals surface area contributed by atoms with Crippen molar-refractivity contribution in [2.45, 2.75) is 0 Å². The summed E-state index contributed by atoms with van der Waals surface area (Å²) in [6.45, 7) is 0. The van der Waals surface area contributed by atoms with E-state index in [1.807, 2.05) is 0 Å². The molecular weight excluding hydrogens is 677 g/mol. The van der Waals surface area contributed by atoms with Crippen molar-refractivity contribution in [1.29, 1.82) is 0 Å². The molecule has 264 valence electrons. The molecule has 0 aliphatic carbocycles. The van der Waals surface area contributed by atoms with Crippen molar-refractivity contribution >= 4 is 38.9 Å². The molecule has 0 bridgehead atoms. The van der Waals surface area contributed by atoms with Gasteiger partial charge >= 0.3 is 0 Å². The summed E-state index contributed by atoms with van der Waals surface area (Å²) >= 11 is 0. The van der Waals surface area contributed by atoms with Crippen LogP contribution in [-0.2, 0) is 0 Å². The summed E-state index contributed by atoms with van der Waals surface area (Å²) in [4.78, 5) is 2.40. The largest absolute Gasteiger partial charge is 0.310 e. The van der Waals surface area contributed by atoms with E-state index in [0.717, 1.165) is 22.7 Å². The van der Waals surface area contributed by atoms with Gasteiger partial charge in [-0.1, -0.05) is 176 Å². The molecule has 2 heteroatoms. The number of hydrogen-bond acceptors (Lipinski definition) is 1. The van der Waals surface area contributed by atoms with Gasteiger partial charge in [0.25, 0.3) is 0 Å². The van der Waals surface area contributed by atoms with E-state index < -0.39 is 0 Å². The van der Waals surface area contributed by atoms with Crippen molar-refractivity contribution in [1.82, 2.24) is 4.57 Å². The molecule has 0 amide bonds. The number of rotatable bonds is 8. The van der Waals surface area contributed by atoms with E-state index in [0.29, 0.717) is 0 Å². The first-order valence-electron chi connectivity index (χ1n) is 19.2. The van der Waals surface area contributed by atoms with Crippen LogP contribution in [0.2, 0.25) is 0 Å². The number of nitrogens with zero attached hydrogens (tertiary/aromatic N) is 2. The summed E-state index contributed by atoms with van der Waals surface area (Å²) in [5.74, 6) is 0. The van der Waals surface area contributed by atoms with Crippen LogP contribution in [0.4, 0.5) is 17.1 Å². The van der Waals surface area contributed by atoms with Gasteiger partial charge in [-0.2, -0.15) is 0 Å². The van der Waals surface area contributed by atoms with E-state index in [1.54, 1.807) is 0 Å². The van der Waals surface area contributed by atoms with E-state index in [-0.39, 0.29) is 0 Å². The second-order valence-corrected chi connectivity index (χ2v) is 14.1. The molecule has 0 saturated heterocycles. The Morgan fingerprint density at radius 1 is 0.268 bits per heavy atom. The highest BCUT2D eigenvalue weighted by molar-refractivity contribution is 6.10. The molecule has 10 aromatic rings. The van der Waals surface area contributed by atoms with Crippen LogP contribution >= 0.6 is 0 Å². The highest BCUT2D eigenvalue weighted by Crippen LogP contribution is 2.46. The zero-order valence-corrected chi connectivity index (χ0v) is 30.8. The first-order chi connectivity index (χ1) is 27.8. The average molecular weight is 715 g/mol. The number of hydrogen-bond donors (Lipinski definition) is 0. The standard InChI is InChI=1S/C54H38N2/c1-5-19-39(20-6-1)45-27-13-15-29-47(45)49-35-33-43(37-52(49)48-30-16-14-28-46(48)40-21-7-2-8-22-40)55(41-23-9-3-10-24-41)44-34-36-51-50-31-17-18-32-53(50)56(54(51)38-44)42-25-11-4-12-26-42/h1-38H. The molecule has 10 rings (SSSR count). The Morgan fingerprint density at radius 2 is 0.714 bits per heavy atom. The van der Waals surface area contributed by atoms with Crippen molar-refractivity contribution < 1.29 is 0 Å². The summed E-state index contributed by atoms with van der Waals surface area (Å²) in [7, 11) is 0. The van der Waals surface area contributed by atoms with Gasteiger partial charge in [0, 0.05) is 33.5 Å². The van der Waals surface area contributed by atoms with Gasteiger partial charge in [-0.15, -0.1) is 0 Å². The molecule has 0 saturated carbocycles. The minimum absolute atomic E-state index is 1.08. The summed E-state index contributed by atoms with van der Waals surface area (Å²) in [5.41, 5.74) is 16.3. The lowest BCUT2D eigenvalue weighted by Crippen LogP contribution is -2.10. The van der Waals surface area contributed by atoms with Crippen molar-refractivity contribution in [2.75, 3.05) is 4.90 Å². The third-order valence-corrected chi connectivity index (χ3v) is 10.8. The minimum Gasteiger partial charge on any atom is -0.310 e. The summed E-state index contributed by atoms with van der Waals surface area (Å²) < 4.78 is 2.39. The zero-order chi connectivity index (χ0) is 37.3. The molecule has 9 aromatic carbocycles. The lowest BCUT2D eigenvalue weighted by molar-refractivity contribution is 1.18. The summed E-state index contributed by atoms with van der Waals surface area (Å²) in [5, 5.41) is 2.47. The Bertz CT molecular complexity index is 2950. The molecule has 2 nitrogen and oxygen atoms in total. The van der Waals surface area contributed by atoms with Crippen LogP contribution in [0.3, 0.4) is 0 Å². The monoisotopic (exact) mass is 714 g/mol. The van der Waals surface area contributed by atoms with Crippen molar-refractivity contribution in [3.63, 3.8) is 0 Å². The lowest BCUT2D eigenvalue weighted by atomic mass is 9.86. The van der Waals surface area contributed by atoms with E-state index in [1.165, 1.54) is 66.3 Å². The quantitative estimate of drug-likeness (QED) is 0.152. The molecule has 0 spiro atoms. The van der Waals surface area contributed by atoms with E-state index in [2.05, 4.69) is 240 Å². The number of anilines is 3. The Morgan fingerprint density at radius 3 is 1.36 bits per heavy atom. The second kappa shape index (κ2) is 14.4. The van der Waals surface area contributed by atoms with Gasteiger partial charge in [-0.25, -0.2) is 0 Å². The van der Waals surface area contributed by atoms with Gasteiger partial charge in [0.1, 0.15) is 0 Å². The van der Waals surface area contributed by atoms with Crippen LogP contribution in [0.15, 0.2) is 231 Å². The Labute approximate surface area is 327 Å². The maximum Gasteiger partial charge on any atom is 0.0561 e. The number of aromatic nitrogens is 1. The van der Waals surface area contributed by atoms with E-state index >= 15 is 0 Å². The first kappa shape index (κ1) is 33.2. The van der Waals surface area contributed by atoms with Crippen molar-refractivity contribution in [3.05, 3.63) is 231 Å². The highest BCUT2D eigenvalue weighted by Gasteiger charge is 2.21. The highest BCUT2D eigenvalue weighted by atomic mass is 15.1. The average Bonchev–Trinajstić information content (AvgIpc) is 3.61. The van der Waals surface area contributed by atoms with E-state index in [4.69, 9.17) is 0 Å². The molecular formula is C54H38N2. The smallest absolute Gasteiger partial charge is 0.0561 e. The molecule has 0 unspecified atom stereocenters. The van der Waals surface area contributed by atoms with Crippen LogP contribution in [0.25, 0.3) is 72.0 Å².